The van der Waals surface area contributed by atoms with Gasteiger partial charge < -0.3 is 10.2 Å². The van der Waals surface area contributed by atoms with Crippen LogP contribution in [-0.2, 0) is 0 Å². The highest BCUT2D eigenvalue weighted by atomic mass is 35.5. The highest BCUT2D eigenvalue weighted by molar-refractivity contribution is 6.07. The first-order valence-corrected chi connectivity index (χ1v) is 9.65. The number of amides is 1. The molecule has 0 aliphatic carbocycles. The summed E-state index contributed by atoms with van der Waals surface area (Å²) in [6.07, 6.45) is 6.77. The number of halogens is 2. The second kappa shape index (κ2) is 9.08. The van der Waals surface area contributed by atoms with Crippen molar-refractivity contribution in [3.63, 3.8) is 0 Å². The van der Waals surface area contributed by atoms with E-state index in [2.05, 4.69) is 15.2 Å². The molecule has 5 rings (SSSR count). The van der Waals surface area contributed by atoms with Crippen LogP contribution in [0, 0.1) is 0 Å². The van der Waals surface area contributed by atoms with Crippen LogP contribution in [0.1, 0.15) is 29.6 Å². The number of aromatic nitrogens is 2. The number of nitrogens with zero attached hydrogens (tertiary/aromatic N) is 3. The van der Waals surface area contributed by atoms with Gasteiger partial charge in [-0.1, -0.05) is 18.2 Å². The SMILES string of the molecule is Cl.Cl.O=C(c1cc(-c2cccnc2)nc2ccccc12)N1C2CCNCC1CC2. The van der Waals surface area contributed by atoms with E-state index in [0.29, 0.717) is 12.1 Å². The average molecular weight is 431 g/mol. The zero-order valence-corrected chi connectivity index (χ0v) is 17.6. The molecule has 1 amide bonds. The molecular weight excluding hydrogens is 407 g/mol. The summed E-state index contributed by atoms with van der Waals surface area (Å²) in [5.41, 5.74) is 3.32. The lowest BCUT2D eigenvalue weighted by Gasteiger charge is -2.28. The van der Waals surface area contributed by atoms with Crippen molar-refractivity contribution in [3.8, 4) is 11.3 Å². The summed E-state index contributed by atoms with van der Waals surface area (Å²) in [5, 5.41) is 4.40. The van der Waals surface area contributed by atoms with Gasteiger partial charge in [0.05, 0.1) is 16.8 Å². The molecule has 29 heavy (non-hydrogen) atoms. The minimum atomic E-state index is 0. The Hall–Kier alpha value is -2.21. The lowest BCUT2D eigenvalue weighted by atomic mass is 10.0. The Morgan fingerprint density at radius 1 is 1.03 bits per heavy atom. The van der Waals surface area contributed by atoms with Crippen molar-refractivity contribution in [1.82, 2.24) is 20.2 Å². The fourth-order valence-corrected chi connectivity index (χ4v) is 4.47. The van der Waals surface area contributed by atoms with Crippen molar-refractivity contribution in [2.45, 2.75) is 31.3 Å². The average Bonchev–Trinajstić information content (AvgIpc) is 2.99. The Bertz CT molecular complexity index is 985. The van der Waals surface area contributed by atoms with Crippen molar-refractivity contribution in [3.05, 3.63) is 60.4 Å². The van der Waals surface area contributed by atoms with Gasteiger partial charge in [-0.25, -0.2) is 4.98 Å². The molecule has 1 N–H and O–H groups in total. The van der Waals surface area contributed by atoms with Gasteiger partial charge in [0.1, 0.15) is 0 Å². The van der Waals surface area contributed by atoms with Crippen molar-refractivity contribution < 1.29 is 4.79 Å². The number of rotatable bonds is 2. The molecule has 7 heteroatoms. The van der Waals surface area contributed by atoms with Crippen LogP contribution in [0.25, 0.3) is 22.2 Å². The molecular formula is C22H24Cl2N4O. The Balaban J connectivity index is 0.00000120. The summed E-state index contributed by atoms with van der Waals surface area (Å²) >= 11 is 0. The molecule has 2 bridgehead atoms. The predicted molar refractivity (Wildman–Crippen MR) is 120 cm³/mol. The van der Waals surface area contributed by atoms with Crippen molar-refractivity contribution in [1.29, 1.82) is 0 Å². The van der Waals surface area contributed by atoms with Gasteiger partial charge in [0.25, 0.3) is 5.91 Å². The van der Waals surface area contributed by atoms with Gasteiger partial charge in [-0.2, -0.15) is 0 Å². The minimum Gasteiger partial charge on any atom is -0.331 e. The van der Waals surface area contributed by atoms with Crippen molar-refractivity contribution >= 4 is 41.6 Å². The third kappa shape index (κ3) is 3.95. The molecule has 5 nitrogen and oxygen atoms in total. The molecule has 2 unspecified atom stereocenters. The molecule has 2 aromatic heterocycles. The van der Waals surface area contributed by atoms with Crippen LogP contribution in [-0.4, -0.2) is 45.9 Å². The maximum atomic E-state index is 13.7. The van der Waals surface area contributed by atoms with Crippen molar-refractivity contribution in [2.24, 2.45) is 0 Å². The van der Waals surface area contributed by atoms with Gasteiger partial charge in [0, 0.05) is 42.0 Å². The first kappa shape index (κ1) is 21.5. The first-order chi connectivity index (χ1) is 13.3. The van der Waals surface area contributed by atoms with E-state index >= 15 is 0 Å². The number of carbonyl (C=O) groups is 1. The fraction of sp³-hybridized carbons (Fsp3) is 0.318. The number of fused-ring (bicyclic) bond motifs is 3. The van der Waals surface area contributed by atoms with Crippen LogP contribution in [0.5, 0.6) is 0 Å². The van der Waals surface area contributed by atoms with E-state index < -0.39 is 0 Å². The van der Waals surface area contributed by atoms with Gasteiger partial charge >= 0.3 is 0 Å². The van der Waals surface area contributed by atoms with Gasteiger partial charge in [-0.15, -0.1) is 24.8 Å². The van der Waals surface area contributed by atoms with Crippen LogP contribution in [0.3, 0.4) is 0 Å². The standard InChI is InChI=1S/C22H22N4O.2ClH/c27-22(26-16-7-8-17(26)14-24-11-9-16)19-12-21(15-4-3-10-23-13-15)25-20-6-2-1-5-18(19)20;;/h1-6,10,12-13,16-17,24H,7-9,11,14H2;2*1H. The van der Waals surface area contributed by atoms with E-state index in [1.54, 1.807) is 12.4 Å². The number of benzene rings is 1. The van der Waals surface area contributed by atoms with E-state index in [4.69, 9.17) is 4.98 Å². The second-order valence-electron chi connectivity index (χ2n) is 7.40. The van der Waals surface area contributed by atoms with E-state index in [1.807, 2.05) is 42.5 Å². The zero-order valence-electron chi connectivity index (χ0n) is 16.0. The van der Waals surface area contributed by atoms with E-state index in [9.17, 15) is 4.79 Å². The van der Waals surface area contributed by atoms with Gasteiger partial charge in [0.2, 0.25) is 0 Å². The summed E-state index contributed by atoms with van der Waals surface area (Å²) in [5.74, 6) is 0.134. The Kier molecular flexibility index (Phi) is 6.73. The molecule has 2 aliphatic heterocycles. The summed E-state index contributed by atoms with van der Waals surface area (Å²) in [6.45, 7) is 1.88. The number of carbonyl (C=O) groups excluding carboxylic acids is 1. The Labute approximate surface area is 182 Å². The van der Waals surface area contributed by atoms with Gasteiger partial charge in [-0.3, -0.25) is 9.78 Å². The molecule has 2 fully saturated rings. The van der Waals surface area contributed by atoms with Crippen LogP contribution < -0.4 is 5.32 Å². The quantitative estimate of drug-likeness (QED) is 0.664. The number of hydrogen-bond donors (Lipinski definition) is 1. The molecule has 2 saturated heterocycles. The van der Waals surface area contributed by atoms with Crippen molar-refractivity contribution in [2.75, 3.05) is 13.1 Å². The monoisotopic (exact) mass is 430 g/mol. The lowest BCUT2D eigenvalue weighted by Crippen LogP contribution is -2.42. The number of para-hydroxylation sites is 1. The number of nitrogens with one attached hydrogen (secondary N) is 1. The minimum absolute atomic E-state index is 0. The molecule has 1 aromatic carbocycles. The summed E-state index contributed by atoms with van der Waals surface area (Å²) in [6, 6.07) is 14.4. The molecule has 152 valence electrons. The zero-order chi connectivity index (χ0) is 18.2. The molecule has 0 spiro atoms. The van der Waals surface area contributed by atoms with Crippen LogP contribution in [0.4, 0.5) is 0 Å². The molecule has 0 radical (unpaired) electrons. The maximum absolute atomic E-state index is 13.7. The molecule has 4 heterocycles. The maximum Gasteiger partial charge on any atom is 0.255 e. The molecule has 2 aliphatic rings. The normalized spacial score (nSPS) is 20.5. The van der Waals surface area contributed by atoms with Gasteiger partial charge in [-0.05, 0) is 50.1 Å². The Morgan fingerprint density at radius 2 is 1.86 bits per heavy atom. The topological polar surface area (TPSA) is 58.1 Å². The smallest absolute Gasteiger partial charge is 0.255 e. The molecule has 2 atom stereocenters. The second-order valence-corrected chi connectivity index (χ2v) is 7.40. The summed E-state index contributed by atoms with van der Waals surface area (Å²) < 4.78 is 0. The highest BCUT2D eigenvalue weighted by Crippen LogP contribution is 2.32. The highest BCUT2D eigenvalue weighted by Gasteiger charge is 2.38. The third-order valence-electron chi connectivity index (χ3n) is 5.79. The van der Waals surface area contributed by atoms with E-state index in [0.717, 1.165) is 60.1 Å². The van der Waals surface area contributed by atoms with E-state index in [-0.39, 0.29) is 30.7 Å². The van der Waals surface area contributed by atoms with E-state index in [1.165, 1.54) is 0 Å². The van der Waals surface area contributed by atoms with Crippen LogP contribution >= 0.6 is 24.8 Å². The first-order valence-electron chi connectivity index (χ1n) is 9.65. The predicted octanol–water partition coefficient (Wildman–Crippen LogP) is 4.11. The summed E-state index contributed by atoms with van der Waals surface area (Å²) in [7, 11) is 0. The van der Waals surface area contributed by atoms with Crippen LogP contribution in [0.15, 0.2) is 54.9 Å². The van der Waals surface area contributed by atoms with Gasteiger partial charge in [0.15, 0.2) is 0 Å². The molecule has 3 aromatic rings. The largest absolute Gasteiger partial charge is 0.331 e. The van der Waals surface area contributed by atoms with Crippen LogP contribution in [0.2, 0.25) is 0 Å². The molecule has 0 saturated carbocycles. The number of hydrogen-bond acceptors (Lipinski definition) is 4. The Morgan fingerprint density at radius 3 is 2.69 bits per heavy atom. The summed E-state index contributed by atoms with van der Waals surface area (Å²) in [4.78, 5) is 24.8. The number of pyridine rings is 2. The third-order valence-corrected chi connectivity index (χ3v) is 5.79. The lowest BCUT2D eigenvalue weighted by molar-refractivity contribution is 0.0682. The fourth-order valence-electron chi connectivity index (χ4n) is 4.47.